The Labute approximate surface area is 236 Å². The Morgan fingerprint density at radius 2 is 1.45 bits per heavy atom. The predicted molar refractivity (Wildman–Crippen MR) is 167 cm³/mol. The second-order valence-electron chi connectivity index (χ2n) is 12.1. The molecule has 6 aromatic rings. The third kappa shape index (κ3) is 4.21. The molecule has 0 aliphatic carbocycles. The smallest absolute Gasteiger partial charge is 0.194 e. The Balaban J connectivity index is 1.54. The SMILES string of the molecule is Cc1cc[n+]2c(c1)-c1cc3ccc4cc(C(C)(C)C)ccc4c3cc1/C=C\[n+]1ccccc1-c1ccccc1C2. The minimum atomic E-state index is 0.119. The number of nitrogens with zero attached hydrogens (tertiary/aromatic N) is 2. The molecule has 0 amide bonds. The molecule has 0 N–H and O–H groups in total. The standard InChI is InChI=1S/C38H34N2/c1-26-16-19-40-25-30-9-5-6-10-33(30)36-11-7-8-18-39(36)20-17-29-23-34-28(24-35(29)37(40)21-26)13-12-27-22-31(38(2,3)4)14-15-32(27)34/h5-24H,25H2,1-4H3/q+2/b20-17-. The Bertz CT molecular complexity index is 1970. The molecule has 1 aliphatic heterocycles. The molecule has 0 saturated heterocycles. The van der Waals surface area contributed by atoms with Crippen molar-refractivity contribution in [3.8, 4) is 22.5 Å². The quantitative estimate of drug-likeness (QED) is 0.140. The number of hydrogen-bond acceptors (Lipinski definition) is 0. The van der Waals surface area contributed by atoms with Crippen LogP contribution in [0.1, 0.15) is 43.0 Å². The minimum Gasteiger partial charge on any atom is -0.194 e. The molecule has 2 heteroatoms. The van der Waals surface area contributed by atoms with Gasteiger partial charge in [0.2, 0.25) is 11.4 Å². The first-order chi connectivity index (χ1) is 19.3. The molecule has 4 aromatic carbocycles. The van der Waals surface area contributed by atoms with Crippen molar-refractivity contribution in [2.75, 3.05) is 0 Å². The van der Waals surface area contributed by atoms with E-state index in [1.165, 1.54) is 66.3 Å². The van der Waals surface area contributed by atoms with E-state index in [0.29, 0.717) is 0 Å². The molecule has 0 fully saturated rings. The lowest BCUT2D eigenvalue weighted by Gasteiger charge is -2.20. The molecular formula is C38H34N2+2. The Morgan fingerprint density at radius 3 is 2.30 bits per heavy atom. The lowest BCUT2D eigenvalue weighted by atomic mass is 9.85. The number of pyridine rings is 2. The zero-order valence-electron chi connectivity index (χ0n) is 23.6. The fourth-order valence-corrected chi connectivity index (χ4v) is 6.03. The zero-order chi connectivity index (χ0) is 27.4. The Kier molecular flexibility index (Phi) is 5.68. The average Bonchev–Trinajstić information content (AvgIpc) is 2.97. The third-order valence-electron chi connectivity index (χ3n) is 8.28. The first kappa shape index (κ1) is 24.5. The van der Waals surface area contributed by atoms with Gasteiger partial charge in [0.15, 0.2) is 25.1 Å². The topological polar surface area (TPSA) is 7.76 Å². The Hall–Kier alpha value is -4.56. The zero-order valence-corrected chi connectivity index (χ0v) is 23.6. The maximum Gasteiger partial charge on any atom is 0.218 e. The highest BCUT2D eigenvalue weighted by atomic mass is 15.0. The van der Waals surface area contributed by atoms with Crippen LogP contribution >= 0.6 is 0 Å². The number of benzene rings is 4. The molecule has 2 aromatic heterocycles. The van der Waals surface area contributed by atoms with Crippen LogP contribution in [0.3, 0.4) is 0 Å². The summed E-state index contributed by atoms with van der Waals surface area (Å²) >= 11 is 0. The average molecular weight is 519 g/mol. The highest BCUT2D eigenvalue weighted by molar-refractivity contribution is 6.09. The van der Waals surface area contributed by atoms with Gasteiger partial charge in [0.25, 0.3) is 0 Å². The highest BCUT2D eigenvalue weighted by Crippen LogP contribution is 2.35. The van der Waals surface area contributed by atoms with Crippen LogP contribution in [0.4, 0.5) is 0 Å². The maximum absolute atomic E-state index is 2.40. The van der Waals surface area contributed by atoms with E-state index >= 15 is 0 Å². The van der Waals surface area contributed by atoms with Crippen molar-refractivity contribution < 1.29 is 9.13 Å². The van der Waals surface area contributed by atoms with Crippen LogP contribution in [0.5, 0.6) is 0 Å². The van der Waals surface area contributed by atoms with Crippen molar-refractivity contribution in [2.24, 2.45) is 0 Å². The number of hydrogen-bond donors (Lipinski definition) is 0. The molecule has 0 bridgehead atoms. The van der Waals surface area contributed by atoms with Crippen LogP contribution in [-0.2, 0) is 12.0 Å². The van der Waals surface area contributed by atoms with Crippen molar-refractivity contribution in [3.05, 3.63) is 132 Å². The summed E-state index contributed by atoms with van der Waals surface area (Å²) in [6.07, 6.45) is 8.88. The van der Waals surface area contributed by atoms with E-state index < -0.39 is 0 Å². The summed E-state index contributed by atoms with van der Waals surface area (Å²) in [5, 5.41) is 5.14. The molecule has 0 atom stereocenters. The fourth-order valence-electron chi connectivity index (χ4n) is 6.03. The molecule has 2 nitrogen and oxygen atoms in total. The van der Waals surface area contributed by atoms with Gasteiger partial charge in [0.05, 0.1) is 11.1 Å². The molecule has 0 saturated carbocycles. The van der Waals surface area contributed by atoms with Crippen LogP contribution in [0.25, 0.3) is 56.3 Å². The third-order valence-corrected chi connectivity index (χ3v) is 8.28. The molecule has 7 rings (SSSR count). The summed E-state index contributed by atoms with van der Waals surface area (Å²) in [6.45, 7) is 9.82. The summed E-state index contributed by atoms with van der Waals surface area (Å²) < 4.78 is 4.65. The van der Waals surface area contributed by atoms with Crippen LogP contribution in [0.15, 0.2) is 109 Å². The molecule has 1 aliphatic rings. The van der Waals surface area contributed by atoms with Crippen molar-refractivity contribution in [2.45, 2.75) is 39.7 Å². The molecule has 0 unspecified atom stereocenters. The second-order valence-corrected chi connectivity index (χ2v) is 12.1. The van der Waals surface area contributed by atoms with Crippen LogP contribution in [0, 0.1) is 6.92 Å². The predicted octanol–water partition coefficient (Wildman–Crippen LogP) is 8.50. The van der Waals surface area contributed by atoms with Gasteiger partial charge in [0, 0.05) is 35.9 Å². The lowest BCUT2D eigenvalue weighted by Crippen LogP contribution is -2.37. The number of aromatic nitrogens is 2. The molecule has 3 heterocycles. The number of aryl methyl sites for hydroxylation is 1. The van der Waals surface area contributed by atoms with Gasteiger partial charge in [-0.05, 0) is 74.8 Å². The summed E-state index contributed by atoms with van der Waals surface area (Å²) in [4.78, 5) is 0. The normalized spacial score (nSPS) is 13.6. The van der Waals surface area contributed by atoms with E-state index in [4.69, 9.17) is 0 Å². The van der Waals surface area contributed by atoms with Crippen LogP contribution in [0.2, 0.25) is 0 Å². The minimum absolute atomic E-state index is 0.119. The van der Waals surface area contributed by atoms with Gasteiger partial charge in [-0.1, -0.05) is 69.3 Å². The van der Waals surface area contributed by atoms with Gasteiger partial charge in [-0.25, -0.2) is 0 Å². The van der Waals surface area contributed by atoms with Gasteiger partial charge in [-0.3, -0.25) is 0 Å². The van der Waals surface area contributed by atoms with Crippen molar-refractivity contribution in [1.29, 1.82) is 0 Å². The molecular weight excluding hydrogens is 484 g/mol. The van der Waals surface area contributed by atoms with Gasteiger partial charge >= 0.3 is 0 Å². The van der Waals surface area contributed by atoms with Crippen molar-refractivity contribution in [3.63, 3.8) is 0 Å². The molecule has 0 radical (unpaired) electrons. The van der Waals surface area contributed by atoms with E-state index in [9.17, 15) is 0 Å². The largest absolute Gasteiger partial charge is 0.218 e. The van der Waals surface area contributed by atoms with E-state index in [-0.39, 0.29) is 5.41 Å². The van der Waals surface area contributed by atoms with Gasteiger partial charge < -0.3 is 0 Å². The molecule has 40 heavy (non-hydrogen) atoms. The molecule has 194 valence electrons. The summed E-state index contributed by atoms with van der Waals surface area (Å²) in [5.74, 6) is 0. The van der Waals surface area contributed by atoms with Gasteiger partial charge in [-0.2, -0.15) is 9.13 Å². The maximum atomic E-state index is 2.40. The first-order valence-electron chi connectivity index (χ1n) is 14.1. The van der Waals surface area contributed by atoms with E-state index in [1.54, 1.807) is 0 Å². The van der Waals surface area contributed by atoms with Gasteiger partial charge in [-0.15, -0.1) is 0 Å². The first-order valence-corrected chi connectivity index (χ1v) is 14.1. The Morgan fingerprint density at radius 1 is 0.650 bits per heavy atom. The van der Waals surface area contributed by atoms with E-state index in [1.807, 2.05) is 0 Å². The number of fused-ring (bicyclic) bond motifs is 9. The lowest BCUT2D eigenvalue weighted by molar-refractivity contribution is -0.677. The fraction of sp³-hybridized carbons (Fsp3) is 0.158. The second kappa shape index (κ2) is 9.27. The van der Waals surface area contributed by atoms with Crippen LogP contribution in [-0.4, -0.2) is 0 Å². The van der Waals surface area contributed by atoms with Crippen molar-refractivity contribution >= 4 is 33.8 Å². The highest BCUT2D eigenvalue weighted by Gasteiger charge is 2.23. The van der Waals surface area contributed by atoms with Crippen LogP contribution < -0.4 is 9.13 Å². The van der Waals surface area contributed by atoms with Crippen molar-refractivity contribution in [1.82, 2.24) is 0 Å². The number of rotatable bonds is 0. The monoisotopic (exact) mass is 518 g/mol. The van der Waals surface area contributed by atoms with Gasteiger partial charge in [0.1, 0.15) is 0 Å². The molecule has 0 spiro atoms. The summed E-state index contributed by atoms with van der Waals surface area (Å²) in [5.41, 5.74) is 10.2. The van der Waals surface area contributed by atoms with E-state index in [0.717, 1.165) is 6.54 Å². The summed E-state index contributed by atoms with van der Waals surface area (Å²) in [7, 11) is 0. The summed E-state index contributed by atoms with van der Waals surface area (Å²) in [6, 6.07) is 36.1. The van der Waals surface area contributed by atoms with E-state index in [2.05, 4.69) is 159 Å².